The minimum absolute atomic E-state index is 0.426. The maximum absolute atomic E-state index is 5.26. The summed E-state index contributed by atoms with van der Waals surface area (Å²) in [6, 6.07) is 7.50. The third-order valence-electron chi connectivity index (χ3n) is 2.42. The van der Waals surface area contributed by atoms with Gasteiger partial charge in [0.1, 0.15) is 11.4 Å². The average molecular weight is 259 g/mol. The number of thiazole rings is 1. The van der Waals surface area contributed by atoms with E-state index in [1.165, 1.54) is 11.3 Å². The molecule has 0 radical (unpaired) electrons. The van der Waals surface area contributed by atoms with Gasteiger partial charge in [-0.25, -0.2) is 4.98 Å². The van der Waals surface area contributed by atoms with E-state index in [4.69, 9.17) is 9.26 Å². The van der Waals surface area contributed by atoms with E-state index in [-0.39, 0.29) is 0 Å². The Hall–Kier alpha value is -2.21. The van der Waals surface area contributed by atoms with Gasteiger partial charge in [0, 0.05) is 5.38 Å². The van der Waals surface area contributed by atoms with Crippen LogP contribution in [0.15, 0.2) is 39.7 Å². The molecule has 6 heteroatoms. The minimum Gasteiger partial charge on any atom is -0.496 e. The molecule has 0 fully saturated rings. The number of hydrogen-bond acceptors (Lipinski definition) is 6. The number of ether oxygens (including phenoxy) is 1. The zero-order valence-electron chi connectivity index (χ0n) is 9.53. The molecule has 0 N–H and O–H groups in total. The molecule has 0 unspecified atom stereocenters. The molecule has 0 amide bonds. The fraction of sp³-hybridized carbons (Fsp3) is 0.0833. The zero-order valence-corrected chi connectivity index (χ0v) is 10.3. The largest absolute Gasteiger partial charge is 0.496 e. The molecular weight excluding hydrogens is 250 g/mol. The van der Waals surface area contributed by atoms with Crippen LogP contribution in [0.4, 0.5) is 0 Å². The van der Waals surface area contributed by atoms with Crippen molar-refractivity contribution in [1.29, 1.82) is 0 Å². The van der Waals surface area contributed by atoms with Crippen LogP contribution in [0, 0.1) is 0 Å². The van der Waals surface area contributed by atoms with E-state index in [0.29, 0.717) is 23.2 Å². The van der Waals surface area contributed by atoms with Crippen LogP contribution in [0.25, 0.3) is 23.0 Å². The van der Waals surface area contributed by atoms with Crippen LogP contribution in [0.3, 0.4) is 0 Å². The number of methoxy groups -OCH3 is 1. The third kappa shape index (κ3) is 1.86. The van der Waals surface area contributed by atoms with Gasteiger partial charge in [-0.15, -0.1) is 11.3 Å². The van der Waals surface area contributed by atoms with Crippen molar-refractivity contribution in [3.63, 3.8) is 0 Å². The Morgan fingerprint density at radius 1 is 1.28 bits per heavy atom. The van der Waals surface area contributed by atoms with Crippen LogP contribution >= 0.6 is 11.3 Å². The normalized spacial score (nSPS) is 10.5. The predicted molar refractivity (Wildman–Crippen MR) is 67.4 cm³/mol. The Morgan fingerprint density at radius 2 is 2.17 bits per heavy atom. The smallest absolute Gasteiger partial charge is 0.262 e. The summed E-state index contributed by atoms with van der Waals surface area (Å²) in [5, 5.41) is 5.78. The van der Waals surface area contributed by atoms with Gasteiger partial charge >= 0.3 is 0 Å². The summed E-state index contributed by atoms with van der Waals surface area (Å²) in [7, 11) is 1.61. The Labute approximate surface area is 107 Å². The molecule has 3 aromatic rings. The zero-order chi connectivity index (χ0) is 12.4. The average Bonchev–Trinajstić information content (AvgIpc) is 3.09. The first-order chi connectivity index (χ1) is 8.88. The van der Waals surface area contributed by atoms with Gasteiger partial charge in [0.25, 0.3) is 5.89 Å². The van der Waals surface area contributed by atoms with Crippen LogP contribution in [-0.2, 0) is 0 Å². The first-order valence-corrected chi connectivity index (χ1v) is 6.18. The lowest BCUT2D eigenvalue weighted by Gasteiger charge is -2.02. The van der Waals surface area contributed by atoms with Gasteiger partial charge in [0.15, 0.2) is 0 Å². The highest BCUT2D eigenvalue weighted by Crippen LogP contribution is 2.29. The molecule has 0 aliphatic rings. The van der Waals surface area contributed by atoms with Gasteiger partial charge < -0.3 is 9.26 Å². The van der Waals surface area contributed by atoms with Crippen molar-refractivity contribution in [2.45, 2.75) is 0 Å². The number of benzene rings is 1. The summed E-state index contributed by atoms with van der Waals surface area (Å²) in [5.74, 6) is 1.61. The molecule has 18 heavy (non-hydrogen) atoms. The maximum atomic E-state index is 5.26. The maximum Gasteiger partial charge on any atom is 0.262 e. The van der Waals surface area contributed by atoms with Crippen LogP contribution in [0.1, 0.15) is 0 Å². The summed E-state index contributed by atoms with van der Waals surface area (Å²) in [4.78, 5) is 8.46. The summed E-state index contributed by atoms with van der Waals surface area (Å²) in [5.41, 5.74) is 3.22. The highest BCUT2D eigenvalue weighted by atomic mass is 32.1. The molecule has 5 nitrogen and oxygen atoms in total. The lowest BCUT2D eigenvalue weighted by molar-refractivity contribution is 0.405. The van der Waals surface area contributed by atoms with Crippen molar-refractivity contribution in [2.75, 3.05) is 7.11 Å². The Bertz CT molecular complexity index is 649. The summed E-state index contributed by atoms with van der Waals surface area (Å²) < 4.78 is 10.5. The summed E-state index contributed by atoms with van der Waals surface area (Å²) >= 11 is 1.49. The van der Waals surface area contributed by atoms with E-state index >= 15 is 0 Å². The van der Waals surface area contributed by atoms with Crippen molar-refractivity contribution in [2.24, 2.45) is 0 Å². The quantitative estimate of drug-likeness (QED) is 0.723. The van der Waals surface area contributed by atoms with Crippen LogP contribution < -0.4 is 4.74 Å². The number of aromatic nitrogens is 3. The molecule has 0 saturated heterocycles. The van der Waals surface area contributed by atoms with Gasteiger partial charge in [0.05, 0.1) is 18.2 Å². The molecule has 1 aromatic carbocycles. The van der Waals surface area contributed by atoms with Crippen molar-refractivity contribution in [3.8, 4) is 28.7 Å². The second-order valence-electron chi connectivity index (χ2n) is 3.50. The molecule has 0 aliphatic carbocycles. The van der Waals surface area contributed by atoms with Crippen molar-refractivity contribution >= 4 is 11.3 Å². The first-order valence-electron chi connectivity index (χ1n) is 5.24. The Morgan fingerprint density at radius 3 is 2.94 bits per heavy atom. The Kier molecular flexibility index (Phi) is 2.77. The van der Waals surface area contributed by atoms with E-state index in [9.17, 15) is 0 Å². The molecule has 0 saturated carbocycles. The van der Waals surface area contributed by atoms with Gasteiger partial charge in [-0.3, -0.25) is 0 Å². The summed E-state index contributed by atoms with van der Waals surface area (Å²) in [6.07, 6.45) is 0. The molecule has 0 atom stereocenters. The molecule has 3 rings (SSSR count). The van der Waals surface area contributed by atoms with E-state index in [1.54, 1.807) is 12.6 Å². The molecule has 2 aromatic heterocycles. The third-order valence-corrected chi connectivity index (χ3v) is 3.01. The van der Waals surface area contributed by atoms with Crippen LogP contribution in [-0.4, -0.2) is 22.2 Å². The number of para-hydroxylation sites is 1. The van der Waals surface area contributed by atoms with E-state index in [0.717, 1.165) is 5.56 Å². The van der Waals surface area contributed by atoms with Crippen molar-refractivity contribution in [3.05, 3.63) is 35.2 Å². The predicted octanol–water partition coefficient (Wildman–Crippen LogP) is 2.87. The van der Waals surface area contributed by atoms with E-state index in [2.05, 4.69) is 15.1 Å². The molecular formula is C12H9N3O2S. The van der Waals surface area contributed by atoms with Crippen LogP contribution in [0.5, 0.6) is 5.75 Å². The number of rotatable bonds is 3. The van der Waals surface area contributed by atoms with Gasteiger partial charge in [0.2, 0.25) is 5.82 Å². The van der Waals surface area contributed by atoms with Crippen molar-refractivity contribution < 1.29 is 9.26 Å². The molecule has 0 aliphatic heterocycles. The Balaban J connectivity index is 2.03. The number of nitrogens with zero attached hydrogens (tertiary/aromatic N) is 3. The van der Waals surface area contributed by atoms with Gasteiger partial charge in [-0.1, -0.05) is 17.3 Å². The van der Waals surface area contributed by atoms with Gasteiger partial charge in [-0.05, 0) is 12.1 Å². The summed E-state index contributed by atoms with van der Waals surface area (Å²) in [6.45, 7) is 0. The fourth-order valence-corrected chi connectivity index (χ4v) is 2.11. The first kappa shape index (κ1) is 10.9. The minimum atomic E-state index is 0.426. The van der Waals surface area contributed by atoms with Crippen LogP contribution in [0.2, 0.25) is 0 Å². The second-order valence-corrected chi connectivity index (χ2v) is 4.22. The second kappa shape index (κ2) is 4.58. The fourth-order valence-electron chi connectivity index (χ4n) is 1.58. The highest BCUT2D eigenvalue weighted by Gasteiger charge is 2.14. The van der Waals surface area contributed by atoms with E-state index < -0.39 is 0 Å². The highest BCUT2D eigenvalue weighted by molar-refractivity contribution is 7.07. The molecule has 2 heterocycles. The molecule has 0 spiro atoms. The topological polar surface area (TPSA) is 61.0 Å². The lowest BCUT2D eigenvalue weighted by Crippen LogP contribution is -1.87. The van der Waals surface area contributed by atoms with Crippen molar-refractivity contribution in [1.82, 2.24) is 15.1 Å². The van der Waals surface area contributed by atoms with Gasteiger partial charge in [-0.2, -0.15) is 4.98 Å². The van der Waals surface area contributed by atoms with E-state index in [1.807, 2.05) is 29.6 Å². The SMILES string of the molecule is COc1ccccc1-c1nc(-c2cscn2)no1. The standard InChI is InChI=1S/C12H9N3O2S/c1-16-10-5-3-2-4-8(10)12-14-11(15-17-12)9-6-18-7-13-9/h2-7H,1H3. The monoisotopic (exact) mass is 259 g/mol. The number of hydrogen-bond donors (Lipinski definition) is 0. The lowest BCUT2D eigenvalue weighted by atomic mass is 10.2. The molecule has 90 valence electrons. The molecule has 0 bridgehead atoms.